The summed E-state index contributed by atoms with van der Waals surface area (Å²) in [5, 5.41) is 2.87. The SMILES string of the molecule is C#CCCCNC(=O)C(C)(C)CC. The maximum absolute atomic E-state index is 11.5. The monoisotopic (exact) mass is 181 g/mol. The number of hydrogen-bond acceptors (Lipinski definition) is 1. The molecule has 1 N–H and O–H groups in total. The Labute approximate surface area is 81.1 Å². The van der Waals surface area contributed by atoms with E-state index in [4.69, 9.17) is 6.42 Å². The highest BCUT2D eigenvalue weighted by molar-refractivity contribution is 5.81. The van der Waals surface area contributed by atoms with Crippen LogP contribution in [0, 0.1) is 17.8 Å². The molecule has 1 amide bonds. The van der Waals surface area contributed by atoms with E-state index in [0.717, 1.165) is 19.3 Å². The largest absolute Gasteiger partial charge is 0.356 e. The van der Waals surface area contributed by atoms with Gasteiger partial charge in [0.1, 0.15) is 0 Å². The number of terminal acetylenes is 1. The normalized spacial score (nSPS) is 10.6. The van der Waals surface area contributed by atoms with Crippen molar-refractivity contribution in [1.82, 2.24) is 5.32 Å². The Morgan fingerprint density at radius 2 is 2.15 bits per heavy atom. The van der Waals surface area contributed by atoms with Crippen LogP contribution >= 0.6 is 0 Å². The third-order valence-corrected chi connectivity index (χ3v) is 2.28. The van der Waals surface area contributed by atoms with Gasteiger partial charge in [0.25, 0.3) is 0 Å². The van der Waals surface area contributed by atoms with Gasteiger partial charge in [0, 0.05) is 18.4 Å². The fourth-order valence-electron chi connectivity index (χ4n) is 0.792. The van der Waals surface area contributed by atoms with Crippen molar-refractivity contribution in [3.63, 3.8) is 0 Å². The number of rotatable bonds is 5. The van der Waals surface area contributed by atoms with Gasteiger partial charge in [-0.15, -0.1) is 12.3 Å². The molecule has 2 heteroatoms. The lowest BCUT2D eigenvalue weighted by molar-refractivity contribution is -0.129. The van der Waals surface area contributed by atoms with Crippen LogP contribution in [0.5, 0.6) is 0 Å². The molecule has 0 aliphatic heterocycles. The zero-order valence-electron chi connectivity index (χ0n) is 8.81. The van der Waals surface area contributed by atoms with Gasteiger partial charge in [-0.25, -0.2) is 0 Å². The van der Waals surface area contributed by atoms with Crippen molar-refractivity contribution in [1.29, 1.82) is 0 Å². The van der Waals surface area contributed by atoms with Gasteiger partial charge in [0.15, 0.2) is 0 Å². The van der Waals surface area contributed by atoms with Gasteiger partial charge in [0.2, 0.25) is 5.91 Å². The Morgan fingerprint density at radius 3 is 2.62 bits per heavy atom. The first-order valence-electron chi connectivity index (χ1n) is 4.76. The Morgan fingerprint density at radius 1 is 1.54 bits per heavy atom. The van der Waals surface area contributed by atoms with E-state index in [1.807, 2.05) is 20.8 Å². The topological polar surface area (TPSA) is 29.1 Å². The molecule has 0 aliphatic carbocycles. The smallest absolute Gasteiger partial charge is 0.225 e. The number of unbranched alkanes of at least 4 members (excludes halogenated alkanes) is 1. The van der Waals surface area contributed by atoms with Crippen LogP contribution < -0.4 is 5.32 Å². The quantitative estimate of drug-likeness (QED) is 0.510. The average molecular weight is 181 g/mol. The third-order valence-electron chi connectivity index (χ3n) is 2.28. The molecule has 0 aromatic carbocycles. The second kappa shape index (κ2) is 5.64. The zero-order chi connectivity index (χ0) is 10.3. The molecule has 0 saturated heterocycles. The molecule has 0 fully saturated rings. The molecule has 0 radical (unpaired) electrons. The number of nitrogens with one attached hydrogen (secondary N) is 1. The molecule has 13 heavy (non-hydrogen) atoms. The number of carbonyl (C=O) groups excluding carboxylic acids is 1. The van der Waals surface area contributed by atoms with Gasteiger partial charge < -0.3 is 5.32 Å². The summed E-state index contributed by atoms with van der Waals surface area (Å²) < 4.78 is 0. The van der Waals surface area contributed by atoms with Gasteiger partial charge in [0.05, 0.1) is 0 Å². The van der Waals surface area contributed by atoms with E-state index in [1.54, 1.807) is 0 Å². The fraction of sp³-hybridized carbons (Fsp3) is 0.727. The molecule has 0 aromatic rings. The molecule has 0 aromatic heterocycles. The highest BCUT2D eigenvalue weighted by Gasteiger charge is 2.24. The van der Waals surface area contributed by atoms with Crippen LogP contribution in [0.15, 0.2) is 0 Å². The summed E-state index contributed by atoms with van der Waals surface area (Å²) in [5.41, 5.74) is -0.254. The van der Waals surface area contributed by atoms with Crippen molar-refractivity contribution < 1.29 is 4.79 Å². The van der Waals surface area contributed by atoms with Crippen molar-refractivity contribution in [3.8, 4) is 12.3 Å². The molecule has 0 heterocycles. The van der Waals surface area contributed by atoms with Crippen molar-refractivity contribution in [2.45, 2.75) is 40.0 Å². The molecular formula is C11H19NO. The number of hydrogen-bond donors (Lipinski definition) is 1. The van der Waals surface area contributed by atoms with E-state index in [9.17, 15) is 4.79 Å². The molecule has 0 spiro atoms. The second-order valence-electron chi connectivity index (χ2n) is 3.80. The molecule has 2 nitrogen and oxygen atoms in total. The summed E-state index contributed by atoms with van der Waals surface area (Å²) in [6.07, 6.45) is 7.54. The first-order valence-corrected chi connectivity index (χ1v) is 4.76. The highest BCUT2D eigenvalue weighted by Crippen LogP contribution is 2.19. The van der Waals surface area contributed by atoms with E-state index in [0.29, 0.717) is 6.54 Å². The number of amides is 1. The van der Waals surface area contributed by atoms with E-state index in [-0.39, 0.29) is 11.3 Å². The van der Waals surface area contributed by atoms with Crippen molar-refractivity contribution in [2.24, 2.45) is 5.41 Å². The third kappa shape index (κ3) is 4.57. The first kappa shape index (κ1) is 12.0. The minimum atomic E-state index is -0.254. The molecule has 0 atom stereocenters. The van der Waals surface area contributed by atoms with E-state index in [2.05, 4.69) is 11.2 Å². The Kier molecular flexibility index (Phi) is 5.22. The summed E-state index contributed by atoms with van der Waals surface area (Å²) in [4.78, 5) is 11.5. The van der Waals surface area contributed by atoms with Crippen molar-refractivity contribution in [2.75, 3.05) is 6.54 Å². The van der Waals surface area contributed by atoms with Gasteiger partial charge in [-0.05, 0) is 12.8 Å². The fourth-order valence-corrected chi connectivity index (χ4v) is 0.792. The molecule has 0 unspecified atom stereocenters. The lowest BCUT2D eigenvalue weighted by Gasteiger charge is -2.21. The Hall–Kier alpha value is -0.970. The van der Waals surface area contributed by atoms with Crippen LogP contribution in [0.3, 0.4) is 0 Å². The van der Waals surface area contributed by atoms with E-state index in [1.165, 1.54) is 0 Å². The molecule has 0 saturated carbocycles. The minimum Gasteiger partial charge on any atom is -0.356 e. The molecule has 0 bridgehead atoms. The van der Waals surface area contributed by atoms with E-state index >= 15 is 0 Å². The predicted molar refractivity (Wildman–Crippen MR) is 55.1 cm³/mol. The highest BCUT2D eigenvalue weighted by atomic mass is 16.2. The van der Waals surface area contributed by atoms with Crippen LogP contribution in [0.1, 0.15) is 40.0 Å². The van der Waals surface area contributed by atoms with Crippen LogP contribution in [0.4, 0.5) is 0 Å². The predicted octanol–water partition coefficient (Wildman–Crippen LogP) is 1.95. The summed E-state index contributed by atoms with van der Waals surface area (Å²) in [6, 6.07) is 0. The van der Waals surface area contributed by atoms with E-state index < -0.39 is 0 Å². The Bertz CT molecular complexity index is 201. The lowest BCUT2D eigenvalue weighted by atomic mass is 9.89. The molecule has 74 valence electrons. The molecule has 0 rings (SSSR count). The van der Waals surface area contributed by atoms with Gasteiger partial charge in [-0.3, -0.25) is 4.79 Å². The average Bonchev–Trinajstić information content (AvgIpc) is 2.12. The van der Waals surface area contributed by atoms with Crippen LogP contribution in [0.2, 0.25) is 0 Å². The summed E-state index contributed by atoms with van der Waals surface area (Å²) in [7, 11) is 0. The van der Waals surface area contributed by atoms with Crippen molar-refractivity contribution >= 4 is 5.91 Å². The van der Waals surface area contributed by atoms with Gasteiger partial charge in [-0.2, -0.15) is 0 Å². The Balaban J connectivity index is 3.70. The van der Waals surface area contributed by atoms with Gasteiger partial charge in [-0.1, -0.05) is 20.8 Å². The summed E-state index contributed by atoms with van der Waals surface area (Å²) >= 11 is 0. The second-order valence-corrected chi connectivity index (χ2v) is 3.80. The van der Waals surface area contributed by atoms with Crippen molar-refractivity contribution in [3.05, 3.63) is 0 Å². The van der Waals surface area contributed by atoms with Crippen LogP contribution in [-0.4, -0.2) is 12.5 Å². The van der Waals surface area contributed by atoms with Crippen LogP contribution in [-0.2, 0) is 4.79 Å². The summed E-state index contributed by atoms with van der Waals surface area (Å²) in [6.45, 7) is 6.60. The number of carbonyl (C=O) groups is 1. The first-order chi connectivity index (χ1) is 6.04. The molecular weight excluding hydrogens is 162 g/mol. The van der Waals surface area contributed by atoms with Gasteiger partial charge >= 0.3 is 0 Å². The lowest BCUT2D eigenvalue weighted by Crippen LogP contribution is -2.36. The van der Waals surface area contributed by atoms with Crippen LogP contribution in [0.25, 0.3) is 0 Å². The maximum atomic E-state index is 11.5. The minimum absolute atomic E-state index is 0.118. The summed E-state index contributed by atoms with van der Waals surface area (Å²) in [5.74, 6) is 2.66. The standard InChI is InChI=1S/C11H19NO/c1-5-7-8-9-12-10(13)11(3,4)6-2/h1H,6-9H2,2-4H3,(H,12,13). The molecule has 0 aliphatic rings. The zero-order valence-corrected chi connectivity index (χ0v) is 8.81. The maximum Gasteiger partial charge on any atom is 0.225 e.